The van der Waals surface area contributed by atoms with Gasteiger partial charge in [-0.25, -0.2) is 0 Å². The van der Waals surface area contributed by atoms with Crippen molar-refractivity contribution in [3.05, 3.63) is 0 Å². The van der Waals surface area contributed by atoms with Crippen molar-refractivity contribution in [3.63, 3.8) is 0 Å². The van der Waals surface area contributed by atoms with Crippen LogP contribution in [0.25, 0.3) is 0 Å². The second-order valence-corrected chi connectivity index (χ2v) is 8.35. The molecule has 0 aromatic heterocycles. The Kier molecular flexibility index (Phi) is 7.26. The molecule has 2 fully saturated rings. The third kappa shape index (κ3) is 5.60. The van der Waals surface area contributed by atoms with E-state index < -0.39 is 0 Å². The summed E-state index contributed by atoms with van der Waals surface area (Å²) in [4.78, 5) is 24.1. The molecular formula is C18H31NO2S. The first-order valence-electron chi connectivity index (χ1n) is 9.02. The number of thioether (sulfide) groups is 1. The van der Waals surface area contributed by atoms with Gasteiger partial charge < -0.3 is 5.32 Å². The minimum Gasteiger partial charge on any atom is -0.353 e. The lowest BCUT2D eigenvalue weighted by Crippen LogP contribution is -2.39. The van der Waals surface area contributed by atoms with E-state index in [2.05, 4.69) is 19.2 Å². The molecule has 1 N–H and O–H groups in total. The van der Waals surface area contributed by atoms with Crippen LogP contribution in [0, 0.1) is 17.8 Å². The summed E-state index contributed by atoms with van der Waals surface area (Å²) in [5, 5.41) is 3.36. The summed E-state index contributed by atoms with van der Waals surface area (Å²) in [7, 11) is 0. The highest BCUT2D eigenvalue weighted by atomic mass is 32.2. The Hall–Kier alpha value is -0.510. The number of carbonyl (C=O) groups excluding carboxylic acids is 2. The Labute approximate surface area is 139 Å². The molecule has 126 valence electrons. The van der Waals surface area contributed by atoms with Crippen LogP contribution >= 0.6 is 11.8 Å². The fourth-order valence-electron chi connectivity index (χ4n) is 3.79. The molecule has 22 heavy (non-hydrogen) atoms. The molecule has 2 rings (SSSR count). The number of hydrogen-bond donors (Lipinski definition) is 1. The SMILES string of the molecule is CC(C)C1CCC(NC(=O)CSC(=O)C2CCCCC2)CC1. The van der Waals surface area contributed by atoms with E-state index in [1.54, 1.807) is 0 Å². The first-order valence-corrected chi connectivity index (χ1v) is 10.0. The molecule has 0 aliphatic heterocycles. The molecule has 0 bridgehead atoms. The number of amides is 1. The minimum atomic E-state index is 0.0437. The number of carbonyl (C=O) groups is 2. The van der Waals surface area contributed by atoms with Gasteiger partial charge in [0.1, 0.15) is 0 Å². The number of nitrogens with one attached hydrogen (secondary N) is 1. The Morgan fingerprint density at radius 3 is 2.23 bits per heavy atom. The molecular weight excluding hydrogens is 294 g/mol. The zero-order valence-electron chi connectivity index (χ0n) is 14.1. The predicted octanol–water partition coefficient (Wildman–Crippen LogP) is 4.16. The minimum absolute atomic E-state index is 0.0437. The van der Waals surface area contributed by atoms with Crippen LogP contribution in [0.1, 0.15) is 71.6 Å². The van der Waals surface area contributed by atoms with E-state index in [1.807, 2.05) is 0 Å². The van der Waals surface area contributed by atoms with Crippen LogP contribution in [0.2, 0.25) is 0 Å². The van der Waals surface area contributed by atoms with Gasteiger partial charge in [0.15, 0.2) is 5.12 Å². The largest absolute Gasteiger partial charge is 0.353 e. The second-order valence-electron chi connectivity index (χ2n) is 7.37. The second kappa shape index (κ2) is 8.95. The van der Waals surface area contributed by atoms with Crippen molar-refractivity contribution < 1.29 is 9.59 Å². The summed E-state index contributed by atoms with van der Waals surface area (Å²) >= 11 is 1.23. The lowest BCUT2D eigenvalue weighted by molar-refractivity contribution is -0.120. The molecule has 1 amide bonds. The van der Waals surface area contributed by atoms with Crippen LogP contribution in [0.15, 0.2) is 0 Å². The van der Waals surface area contributed by atoms with Crippen molar-refractivity contribution in [2.75, 3.05) is 5.75 Å². The van der Waals surface area contributed by atoms with Crippen molar-refractivity contribution in [1.82, 2.24) is 5.32 Å². The molecule has 0 aromatic rings. The third-order valence-electron chi connectivity index (χ3n) is 5.36. The monoisotopic (exact) mass is 325 g/mol. The molecule has 2 saturated carbocycles. The smallest absolute Gasteiger partial charge is 0.230 e. The van der Waals surface area contributed by atoms with Crippen molar-refractivity contribution in [1.29, 1.82) is 0 Å². The van der Waals surface area contributed by atoms with Gasteiger partial charge in [-0.1, -0.05) is 44.9 Å². The number of rotatable bonds is 5. The lowest BCUT2D eigenvalue weighted by atomic mass is 9.80. The van der Waals surface area contributed by atoms with Gasteiger partial charge >= 0.3 is 0 Å². The number of hydrogen-bond acceptors (Lipinski definition) is 3. The summed E-state index contributed by atoms with van der Waals surface area (Å²) in [6.07, 6.45) is 10.3. The lowest BCUT2D eigenvalue weighted by Gasteiger charge is -2.31. The van der Waals surface area contributed by atoms with Crippen LogP contribution < -0.4 is 5.32 Å². The van der Waals surface area contributed by atoms with E-state index in [0.717, 1.165) is 37.5 Å². The Bertz CT molecular complexity index is 369. The molecule has 0 atom stereocenters. The Balaban J connectivity index is 1.62. The van der Waals surface area contributed by atoms with Gasteiger partial charge in [0.2, 0.25) is 5.91 Å². The van der Waals surface area contributed by atoms with E-state index in [-0.39, 0.29) is 16.9 Å². The fourth-order valence-corrected chi connectivity index (χ4v) is 4.62. The summed E-state index contributed by atoms with van der Waals surface area (Å²) in [5.41, 5.74) is 0. The maximum atomic E-state index is 12.1. The van der Waals surface area contributed by atoms with Gasteiger partial charge in [-0.15, -0.1) is 0 Å². The van der Waals surface area contributed by atoms with Gasteiger partial charge in [0, 0.05) is 12.0 Å². The average Bonchev–Trinajstić information content (AvgIpc) is 2.54. The highest BCUT2D eigenvalue weighted by Crippen LogP contribution is 2.30. The zero-order valence-corrected chi connectivity index (χ0v) is 14.9. The summed E-state index contributed by atoms with van der Waals surface area (Å²) in [6.45, 7) is 4.58. The summed E-state index contributed by atoms with van der Waals surface area (Å²) in [5.74, 6) is 2.12. The molecule has 4 heteroatoms. The van der Waals surface area contributed by atoms with E-state index in [1.165, 1.54) is 43.9 Å². The van der Waals surface area contributed by atoms with Gasteiger partial charge in [0.25, 0.3) is 0 Å². The third-order valence-corrected chi connectivity index (χ3v) is 6.39. The molecule has 0 aromatic carbocycles. The molecule has 0 spiro atoms. The van der Waals surface area contributed by atoms with Crippen molar-refractivity contribution in [2.24, 2.45) is 17.8 Å². The van der Waals surface area contributed by atoms with Gasteiger partial charge in [-0.05, 0) is 50.4 Å². The Morgan fingerprint density at radius 1 is 1.00 bits per heavy atom. The van der Waals surface area contributed by atoms with Crippen molar-refractivity contribution in [3.8, 4) is 0 Å². The highest BCUT2D eigenvalue weighted by molar-refractivity contribution is 8.14. The first kappa shape index (κ1) is 17.8. The maximum absolute atomic E-state index is 12.1. The van der Waals surface area contributed by atoms with Gasteiger partial charge in [-0.3, -0.25) is 9.59 Å². The quantitative estimate of drug-likeness (QED) is 0.825. The topological polar surface area (TPSA) is 46.2 Å². The molecule has 2 aliphatic rings. The average molecular weight is 326 g/mol. The maximum Gasteiger partial charge on any atom is 0.230 e. The molecule has 0 unspecified atom stereocenters. The highest BCUT2D eigenvalue weighted by Gasteiger charge is 2.25. The standard InChI is InChI=1S/C18H31NO2S/c1-13(2)14-8-10-16(11-9-14)19-17(20)12-22-18(21)15-6-4-3-5-7-15/h13-16H,3-12H2,1-2H3,(H,19,20). The van der Waals surface area contributed by atoms with E-state index in [0.29, 0.717) is 11.8 Å². The van der Waals surface area contributed by atoms with Crippen LogP contribution in [0.5, 0.6) is 0 Å². The van der Waals surface area contributed by atoms with Crippen LogP contribution in [-0.2, 0) is 9.59 Å². The van der Waals surface area contributed by atoms with Crippen LogP contribution in [0.4, 0.5) is 0 Å². The van der Waals surface area contributed by atoms with Crippen molar-refractivity contribution in [2.45, 2.75) is 77.7 Å². The van der Waals surface area contributed by atoms with E-state index in [4.69, 9.17) is 0 Å². The summed E-state index contributed by atoms with van der Waals surface area (Å²) < 4.78 is 0. The zero-order chi connectivity index (χ0) is 15.9. The molecule has 3 nitrogen and oxygen atoms in total. The van der Waals surface area contributed by atoms with Gasteiger partial charge in [0.05, 0.1) is 5.75 Å². The Morgan fingerprint density at radius 2 is 1.64 bits per heavy atom. The molecule has 0 saturated heterocycles. The first-order chi connectivity index (χ1) is 10.6. The molecule has 0 radical (unpaired) electrons. The predicted molar refractivity (Wildman–Crippen MR) is 92.8 cm³/mol. The molecule has 2 aliphatic carbocycles. The van der Waals surface area contributed by atoms with E-state index >= 15 is 0 Å². The van der Waals surface area contributed by atoms with Crippen LogP contribution in [0.3, 0.4) is 0 Å². The fraction of sp³-hybridized carbons (Fsp3) is 0.889. The van der Waals surface area contributed by atoms with Crippen molar-refractivity contribution >= 4 is 22.8 Å². The van der Waals surface area contributed by atoms with E-state index in [9.17, 15) is 9.59 Å². The summed E-state index contributed by atoms with van der Waals surface area (Å²) in [6, 6.07) is 0.327. The normalized spacial score (nSPS) is 26.9. The molecule has 0 heterocycles. The van der Waals surface area contributed by atoms with Crippen LogP contribution in [-0.4, -0.2) is 22.8 Å². The van der Waals surface area contributed by atoms with Gasteiger partial charge in [-0.2, -0.15) is 0 Å².